The van der Waals surface area contributed by atoms with Gasteiger partial charge < -0.3 is 15.7 Å². The van der Waals surface area contributed by atoms with E-state index in [9.17, 15) is 5.11 Å². The Balaban J connectivity index is 1.80. The Morgan fingerprint density at radius 2 is 1.82 bits per heavy atom. The molecule has 0 spiro atoms. The quantitative estimate of drug-likeness (QED) is 0.799. The van der Waals surface area contributed by atoms with Gasteiger partial charge in [-0.15, -0.1) is 0 Å². The molecule has 1 aliphatic rings. The summed E-state index contributed by atoms with van der Waals surface area (Å²) < 4.78 is 0. The van der Waals surface area contributed by atoms with E-state index in [1.807, 2.05) is 18.2 Å². The van der Waals surface area contributed by atoms with Gasteiger partial charge in [-0.05, 0) is 37.9 Å². The van der Waals surface area contributed by atoms with Crippen molar-refractivity contribution < 1.29 is 5.11 Å². The van der Waals surface area contributed by atoms with Gasteiger partial charge in [-0.1, -0.05) is 30.3 Å². The Bertz CT molecular complexity index is 322. The summed E-state index contributed by atoms with van der Waals surface area (Å²) in [5.74, 6) is 0. The standard InChI is InChI=1S/C14H22N2O/c15-13(10-12-6-2-1-3-7-12)14(17)11-16-8-4-5-9-16/h1-3,6-7,13-14,17H,4-5,8-11,15H2/t13-,14+/m1/s1. The Morgan fingerprint density at radius 3 is 2.47 bits per heavy atom. The van der Waals surface area contributed by atoms with E-state index in [1.165, 1.54) is 18.4 Å². The fourth-order valence-corrected chi connectivity index (χ4v) is 2.39. The molecule has 17 heavy (non-hydrogen) atoms. The highest BCUT2D eigenvalue weighted by Gasteiger charge is 2.20. The molecule has 3 N–H and O–H groups in total. The summed E-state index contributed by atoms with van der Waals surface area (Å²) in [5.41, 5.74) is 7.25. The van der Waals surface area contributed by atoms with Crippen LogP contribution in [-0.2, 0) is 6.42 Å². The van der Waals surface area contributed by atoms with Crippen molar-refractivity contribution in [2.45, 2.75) is 31.4 Å². The highest BCUT2D eigenvalue weighted by atomic mass is 16.3. The number of hydrogen-bond acceptors (Lipinski definition) is 3. The summed E-state index contributed by atoms with van der Waals surface area (Å²) in [5, 5.41) is 10.1. The maximum absolute atomic E-state index is 10.1. The molecule has 3 nitrogen and oxygen atoms in total. The molecule has 0 saturated carbocycles. The number of hydrogen-bond donors (Lipinski definition) is 2. The van der Waals surface area contributed by atoms with Crippen molar-refractivity contribution in [3.05, 3.63) is 35.9 Å². The first kappa shape index (κ1) is 12.6. The zero-order chi connectivity index (χ0) is 12.1. The van der Waals surface area contributed by atoms with Gasteiger partial charge in [0.05, 0.1) is 6.10 Å². The molecule has 1 aromatic rings. The van der Waals surface area contributed by atoms with Crippen LogP contribution in [0.1, 0.15) is 18.4 Å². The lowest BCUT2D eigenvalue weighted by atomic mass is 10.0. The number of rotatable bonds is 5. The predicted molar refractivity (Wildman–Crippen MR) is 69.8 cm³/mol. The van der Waals surface area contributed by atoms with Crippen LogP contribution in [0.25, 0.3) is 0 Å². The van der Waals surface area contributed by atoms with Crippen LogP contribution in [0, 0.1) is 0 Å². The SMILES string of the molecule is N[C@H](Cc1ccccc1)[C@@H](O)CN1CCCC1. The van der Waals surface area contributed by atoms with E-state index in [4.69, 9.17) is 5.73 Å². The fourth-order valence-electron chi connectivity index (χ4n) is 2.39. The first-order chi connectivity index (χ1) is 8.25. The van der Waals surface area contributed by atoms with Crippen molar-refractivity contribution in [1.29, 1.82) is 0 Å². The fraction of sp³-hybridized carbons (Fsp3) is 0.571. The average Bonchev–Trinajstić information content (AvgIpc) is 2.83. The maximum Gasteiger partial charge on any atom is 0.0820 e. The first-order valence-corrected chi connectivity index (χ1v) is 6.45. The number of likely N-dealkylation sites (tertiary alicyclic amines) is 1. The van der Waals surface area contributed by atoms with Crippen molar-refractivity contribution >= 4 is 0 Å². The molecule has 0 unspecified atom stereocenters. The second-order valence-corrected chi connectivity index (χ2v) is 4.93. The third-order valence-electron chi connectivity index (χ3n) is 3.45. The smallest absolute Gasteiger partial charge is 0.0820 e. The lowest BCUT2D eigenvalue weighted by molar-refractivity contribution is 0.101. The normalized spacial score (nSPS) is 20.4. The summed E-state index contributed by atoms with van der Waals surface area (Å²) in [6.45, 7) is 2.93. The first-order valence-electron chi connectivity index (χ1n) is 6.45. The molecule has 3 heteroatoms. The van der Waals surface area contributed by atoms with Gasteiger partial charge in [-0.25, -0.2) is 0 Å². The molecular weight excluding hydrogens is 212 g/mol. The molecule has 0 bridgehead atoms. The van der Waals surface area contributed by atoms with Gasteiger partial charge in [0.25, 0.3) is 0 Å². The zero-order valence-electron chi connectivity index (χ0n) is 10.3. The molecule has 0 amide bonds. The highest BCUT2D eigenvalue weighted by Crippen LogP contribution is 2.10. The highest BCUT2D eigenvalue weighted by molar-refractivity contribution is 5.16. The van der Waals surface area contributed by atoms with Gasteiger partial charge in [0, 0.05) is 12.6 Å². The second kappa shape index (κ2) is 6.15. The molecule has 0 aliphatic carbocycles. The van der Waals surface area contributed by atoms with Gasteiger partial charge in [-0.2, -0.15) is 0 Å². The second-order valence-electron chi connectivity index (χ2n) is 4.93. The van der Waals surface area contributed by atoms with Crippen LogP contribution < -0.4 is 5.73 Å². The Kier molecular flexibility index (Phi) is 4.54. The monoisotopic (exact) mass is 234 g/mol. The number of nitrogens with two attached hydrogens (primary N) is 1. The minimum atomic E-state index is -0.423. The van der Waals surface area contributed by atoms with Crippen molar-refractivity contribution in [2.75, 3.05) is 19.6 Å². The Labute approximate surface area is 103 Å². The number of benzene rings is 1. The Morgan fingerprint density at radius 1 is 1.18 bits per heavy atom. The molecule has 0 radical (unpaired) electrons. The van der Waals surface area contributed by atoms with Crippen molar-refractivity contribution in [3.8, 4) is 0 Å². The summed E-state index contributed by atoms with van der Waals surface area (Å²) >= 11 is 0. The summed E-state index contributed by atoms with van der Waals surface area (Å²) in [7, 11) is 0. The van der Waals surface area contributed by atoms with E-state index >= 15 is 0 Å². The average molecular weight is 234 g/mol. The van der Waals surface area contributed by atoms with Gasteiger partial charge in [-0.3, -0.25) is 0 Å². The predicted octanol–water partition coefficient (Wildman–Crippen LogP) is 1.01. The molecule has 94 valence electrons. The molecule has 2 atom stereocenters. The number of aliphatic hydroxyl groups excluding tert-OH is 1. The Hall–Kier alpha value is -0.900. The van der Waals surface area contributed by atoms with E-state index in [-0.39, 0.29) is 6.04 Å². The van der Waals surface area contributed by atoms with Crippen molar-refractivity contribution in [2.24, 2.45) is 5.73 Å². The molecule has 0 aromatic heterocycles. The minimum Gasteiger partial charge on any atom is -0.390 e. The van der Waals surface area contributed by atoms with E-state index in [0.717, 1.165) is 19.5 Å². The number of aliphatic hydroxyl groups is 1. The van der Waals surface area contributed by atoms with Crippen LogP contribution in [0.15, 0.2) is 30.3 Å². The number of β-amino-alcohol motifs (C(OH)–C–C–N with tert-alkyl or cyclic N) is 1. The molecule has 1 saturated heterocycles. The van der Waals surface area contributed by atoms with Crippen LogP contribution in [-0.4, -0.2) is 41.8 Å². The van der Waals surface area contributed by atoms with Crippen molar-refractivity contribution in [3.63, 3.8) is 0 Å². The largest absolute Gasteiger partial charge is 0.390 e. The third kappa shape index (κ3) is 3.80. The van der Waals surface area contributed by atoms with Crippen LogP contribution in [0.2, 0.25) is 0 Å². The van der Waals surface area contributed by atoms with E-state index in [0.29, 0.717) is 6.54 Å². The van der Waals surface area contributed by atoms with Gasteiger partial charge in [0.2, 0.25) is 0 Å². The van der Waals surface area contributed by atoms with E-state index < -0.39 is 6.10 Å². The minimum absolute atomic E-state index is 0.169. The zero-order valence-corrected chi connectivity index (χ0v) is 10.3. The summed E-state index contributed by atoms with van der Waals surface area (Å²) in [6.07, 6.45) is 2.82. The maximum atomic E-state index is 10.1. The topological polar surface area (TPSA) is 49.5 Å². The summed E-state index contributed by atoms with van der Waals surface area (Å²) in [4.78, 5) is 2.30. The molecule has 1 aliphatic heterocycles. The van der Waals surface area contributed by atoms with Crippen LogP contribution >= 0.6 is 0 Å². The molecular formula is C14H22N2O. The molecule has 1 heterocycles. The summed E-state index contributed by atoms with van der Waals surface area (Å²) in [6, 6.07) is 9.96. The van der Waals surface area contributed by atoms with Gasteiger partial charge in [0.1, 0.15) is 0 Å². The molecule has 1 aromatic carbocycles. The van der Waals surface area contributed by atoms with Crippen LogP contribution in [0.5, 0.6) is 0 Å². The van der Waals surface area contributed by atoms with E-state index in [2.05, 4.69) is 17.0 Å². The van der Waals surface area contributed by atoms with Crippen LogP contribution in [0.3, 0.4) is 0 Å². The number of nitrogens with zero attached hydrogens (tertiary/aromatic N) is 1. The lowest BCUT2D eigenvalue weighted by Gasteiger charge is -2.24. The lowest BCUT2D eigenvalue weighted by Crippen LogP contribution is -2.43. The van der Waals surface area contributed by atoms with E-state index in [1.54, 1.807) is 0 Å². The van der Waals surface area contributed by atoms with Crippen molar-refractivity contribution in [1.82, 2.24) is 4.90 Å². The van der Waals surface area contributed by atoms with Gasteiger partial charge in [0.15, 0.2) is 0 Å². The van der Waals surface area contributed by atoms with Crippen LogP contribution in [0.4, 0.5) is 0 Å². The molecule has 1 fully saturated rings. The van der Waals surface area contributed by atoms with Gasteiger partial charge >= 0.3 is 0 Å². The third-order valence-corrected chi connectivity index (χ3v) is 3.45. The molecule has 2 rings (SSSR count).